The van der Waals surface area contributed by atoms with Crippen LogP contribution in [0.2, 0.25) is 0 Å². The molecule has 17 heavy (non-hydrogen) atoms. The molecule has 2 rings (SSSR count). The van der Waals surface area contributed by atoms with Crippen LogP contribution >= 0.6 is 11.3 Å². The van der Waals surface area contributed by atoms with E-state index in [0.29, 0.717) is 0 Å². The Labute approximate surface area is 105 Å². The predicted octanol–water partition coefficient (Wildman–Crippen LogP) is 2.21. The van der Waals surface area contributed by atoms with Gasteiger partial charge in [-0.05, 0) is 12.6 Å². The van der Waals surface area contributed by atoms with Crippen LogP contribution in [0.4, 0.5) is 5.13 Å². The van der Waals surface area contributed by atoms with E-state index in [9.17, 15) is 0 Å². The maximum Gasteiger partial charge on any atom is 0.205 e. The predicted molar refractivity (Wildman–Crippen MR) is 71.1 cm³/mol. The summed E-state index contributed by atoms with van der Waals surface area (Å²) < 4.78 is 0. The molecule has 1 heterocycles. The van der Waals surface area contributed by atoms with E-state index in [4.69, 9.17) is 0 Å². The number of nitrogens with zero attached hydrogens (tertiary/aromatic N) is 3. The van der Waals surface area contributed by atoms with Gasteiger partial charge in [0.15, 0.2) is 0 Å². The van der Waals surface area contributed by atoms with Crippen molar-refractivity contribution in [2.24, 2.45) is 0 Å². The molecule has 0 bridgehead atoms. The molecule has 1 aromatic heterocycles. The molecule has 0 radical (unpaired) electrons. The highest BCUT2D eigenvalue weighted by atomic mass is 32.1. The van der Waals surface area contributed by atoms with Crippen LogP contribution in [0, 0.1) is 0 Å². The van der Waals surface area contributed by atoms with Crippen molar-refractivity contribution in [3.8, 4) is 0 Å². The molecule has 0 aliphatic rings. The highest BCUT2D eigenvalue weighted by Crippen LogP contribution is 2.16. The Balaban J connectivity index is 1.91. The molecular formula is C12H16N4S. The first-order chi connectivity index (χ1) is 8.28. The Morgan fingerprint density at radius 3 is 2.59 bits per heavy atom. The number of aromatic nitrogens is 2. The van der Waals surface area contributed by atoms with Gasteiger partial charge >= 0.3 is 0 Å². The van der Waals surface area contributed by atoms with Crippen molar-refractivity contribution in [1.82, 2.24) is 15.1 Å². The van der Waals surface area contributed by atoms with Gasteiger partial charge in [-0.1, -0.05) is 41.7 Å². The topological polar surface area (TPSA) is 41.1 Å². The fraction of sp³-hybridized carbons (Fsp3) is 0.333. The molecule has 1 N–H and O–H groups in total. The molecule has 0 unspecified atom stereocenters. The highest BCUT2D eigenvalue weighted by Gasteiger charge is 2.06. The average molecular weight is 248 g/mol. The molecule has 90 valence electrons. The van der Waals surface area contributed by atoms with Crippen molar-refractivity contribution in [3.05, 3.63) is 40.9 Å². The lowest BCUT2D eigenvalue weighted by molar-refractivity contribution is 0.317. The van der Waals surface area contributed by atoms with Gasteiger partial charge < -0.3 is 5.32 Å². The Morgan fingerprint density at radius 1 is 1.18 bits per heavy atom. The van der Waals surface area contributed by atoms with Gasteiger partial charge in [0.1, 0.15) is 5.01 Å². The minimum atomic E-state index is 0.828. The van der Waals surface area contributed by atoms with Crippen LogP contribution < -0.4 is 5.32 Å². The summed E-state index contributed by atoms with van der Waals surface area (Å²) in [5.74, 6) is 0. The van der Waals surface area contributed by atoms with E-state index >= 15 is 0 Å². The summed E-state index contributed by atoms with van der Waals surface area (Å²) in [7, 11) is 3.95. The van der Waals surface area contributed by atoms with Crippen molar-refractivity contribution in [2.75, 3.05) is 19.4 Å². The monoisotopic (exact) mass is 248 g/mol. The van der Waals surface area contributed by atoms with Crippen molar-refractivity contribution in [2.45, 2.75) is 13.1 Å². The van der Waals surface area contributed by atoms with E-state index in [2.05, 4.69) is 51.7 Å². The third-order valence-corrected chi connectivity index (χ3v) is 3.31. The van der Waals surface area contributed by atoms with Gasteiger partial charge in [0.05, 0.1) is 6.54 Å². The third kappa shape index (κ3) is 3.51. The summed E-state index contributed by atoms with van der Waals surface area (Å²) in [6.07, 6.45) is 0. The van der Waals surface area contributed by atoms with Crippen molar-refractivity contribution >= 4 is 16.5 Å². The maximum absolute atomic E-state index is 4.13. The summed E-state index contributed by atoms with van der Waals surface area (Å²) in [6, 6.07) is 10.4. The van der Waals surface area contributed by atoms with E-state index in [-0.39, 0.29) is 0 Å². The van der Waals surface area contributed by atoms with E-state index in [0.717, 1.165) is 23.2 Å². The van der Waals surface area contributed by atoms with Crippen LogP contribution in [0.3, 0.4) is 0 Å². The summed E-state index contributed by atoms with van der Waals surface area (Å²) in [5, 5.41) is 13.1. The molecule has 0 saturated heterocycles. The summed E-state index contributed by atoms with van der Waals surface area (Å²) in [6.45, 7) is 1.75. The second kappa shape index (κ2) is 5.75. The molecule has 0 atom stereocenters. The first-order valence-corrected chi connectivity index (χ1v) is 6.32. The van der Waals surface area contributed by atoms with Gasteiger partial charge in [0.2, 0.25) is 5.13 Å². The number of rotatable bonds is 5. The van der Waals surface area contributed by atoms with Gasteiger partial charge in [-0.15, -0.1) is 10.2 Å². The number of hydrogen-bond acceptors (Lipinski definition) is 5. The minimum Gasteiger partial charge on any atom is -0.363 e. The second-order valence-electron chi connectivity index (χ2n) is 3.91. The van der Waals surface area contributed by atoms with Crippen LogP contribution in [0.5, 0.6) is 0 Å². The Morgan fingerprint density at radius 2 is 1.94 bits per heavy atom. The molecule has 1 aromatic carbocycles. The van der Waals surface area contributed by atoms with Crippen molar-refractivity contribution in [3.63, 3.8) is 0 Å². The zero-order valence-corrected chi connectivity index (χ0v) is 10.9. The van der Waals surface area contributed by atoms with Crippen LogP contribution in [0.15, 0.2) is 30.3 Å². The van der Waals surface area contributed by atoms with Gasteiger partial charge in [0, 0.05) is 13.6 Å². The smallest absolute Gasteiger partial charge is 0.205 e. The fourth-order valence-electron chi connectivity index (χ4n) is 1.60. The largest absolute Gasteiger partial charge is 0.363 e. The molecule has 0 spiro atoms. The maximum atomic E-state index is 4.13. The standard InChI is InChI=1S/C12H16N4S/c1-13-12-15-14-11(17-12)9-16(2)8-10-6-4-3-5-7-10/h3-7H,8-9H2,1-2H3,(H,13,15). The van der Waals surface area contributed by atoms with Crippen LogP contribution in [-0.4, -0.2) is 29.2 Å². The molecule has 4 nitrogen and oxygen atoms in total. The molecule has 0 saturated carbocycles. The number of benzene rings is 1. The van der Waals surface area contributed by atoms with Crippen molar-refractivity contribution < 1.29 is 0 Å². The quantitative estimate of drug-likeness (QED) is 0.881. The van der Waals surface area contributed by atoms with Crippen LogP contribution in [-0.2, 0) is 13.1 Å². The molecule has 2 aromatic rings. The molecular weight excluding hydrogens is 232 g/mol. The van der Waals surface area contributed by atoms with Gasteiger partial charge in [0.25, 0.3) is 0 Å². The van der Waals surface area contributed by atoms with E-state index < -0.39 is 0 Å². The zero-order valence-electron chi connectivity index (χ0n) is 10.1. The van der Waals surface area contributed by atoms with Gasteiger partial charge in [-0.25, -0.2) is 0 Å². The van der Waals surface area contributed by atoms with Gasteiger partial charge in [-0.3, -0.25) is 4.90 Å². The third-order valence-electron chi connectivity index (χ3n) is 2.38. The normalized spacial score (nSPS) is 10.8. The first-order valence-electron chi connectivity index (χ1n) is 5.50. The van der Waals surface area contributed by atoms with Crippen LogP contribution in [0.1, 0.15) is 10.6 Å². The lowest BCUT2D eigenvalue weighted by Gasteiger charge is -2.14. The zero-order chi connectivity index (χ0) is 12.1. The minimum absolute atomic E-state index is 0.828. The molecule has 0 aliphatic carbocycles. The summed E-state index contributed by atoms with van der Waals surface area (Å²) >= 11 is 1.60. The summed E-state index contributed by atoms with van der Waals surface area (Å²) in [5.41, 5.74) is 1.31. The number of nitrogens with one attached hydrogen (secondary N) is 1. The SMILES string of the molecule is CNc1nnc(CN(C)Cc2ccccc2)s1. The molecule has 0 amide bonds. The lowest BCUT2D eigenvalue weighted by Crippen LogP contribution is -2.16. The number of anilines is 1. The van der Waals surface area contributed by atoms with Gasteiger partial charge in [-0.2, -0.15) is 0 Å². The van der Waals surface area contributed by atoms with Crippen LogP contribution in [0.25, 0.3) is 0 Å². The average Bonchev–Trinajstić information content (AvgIpc) is 2.78. The molecule has 5 heteroatoms. The highest BCUT2D eigenvalue weighted by molar-refractivity contribution is 7.15. The Kier molecular flexibility index (Phi) is 4.06. The fourth-order valence-corrected chi connectivity index (χ4v) is 2.37. The first kappa shape index (κ1) is 12.0. The van der Waals surface area contributed by atoms with E-state index in [1.165, 1.54) is 5.56 Å². The van der Waals surface area contributed by atoms with E-state index in [1.807, 2.05) is 13.1 Å². The Hall–Kier alpha value is -1.46. The second-order valence-corrected chi connectivity index (χ2v) is 4.97. The Bertz CT molecular complexity index is 455. The number of hydrogen-bond donors (Lipinski definition) is 1. The summed E-state index contributed by atoms with van der Waals surface area (Å²) in [4.78, 5) is 2.23. The molecule has 0 aliphatic heterocycles. The van der Waals surface area contributed by atoms with E-state index in [1.54, 1.807) is 11.3 Å². The molecule has 0 fully saturated rings. The lowest BCUT2D eigenvalue weighted by atomic mass is 10.2. The van der Waals surface area contributed by atoms with Crippen molar-refractivity contribution in [1.29, 1.82) is 0 Å².